The molecule has 1 nitrogen and oxygen atoms in total. The molecule has 0 saturated carbocycles. The Kier molecular flexibility index (Phi) is 3.63. The Labute approximate surface area is 137 Å². The summed E-state index contributed by atoms with van der Waals surface area (Å²) in [6.07, 6.45) is 6.69. The molecule has 4 rings (SSSR count). The topological polar surface area (TPSA) is 26.0 Å². The van der Waals surface area contributed by atoms with Crippen molar-refractivity contribution in [2.75, 3.05) is 0 Å². The average Bonchev–Trinajstić information content (AvgIpc) is 2.62. The van der Waals surface area contributed by atoms with Crippen LogP contribution in [0, 0.1) is 0 Å². The lowest BCUT2D eigenvalue weighted by Gasteiger charge is -2.29. The first-order valence-corrected chi connectivity index (χ1v) is 8.37. The van der Waals surface area contributed by atoms with E-state index in [4.69, 9.17) is 5.73 Å². The van der Waals surface area contributed by atoms with Crippen LogP contribution in [0.25, 0.3) is 11.1 Å². The smallest absolute Gasteiger partial charge is 0.0163 e. The van der Waals surface area contributed by atoms with Crippen molar-refractivity contribution in [3.63, 3.8) is 0 Å². The Bertz CT molecular complexity index is 808. The molecule has 0 saturated heterocycles. The first-order chi connectivity index (χ1) is 11.3. The summed E-state index contributed by atoms with van der Waals surface area (Å²) in [7, 11) is 0. The van der Waals surface area contributed by atoms with E-state index >= 15 is 0 Å². The van der Waals surface area contributed by atoms with E-state index in [0.717, 1.165) is 25.0 Å². The van der Waals surface area contributed by atoms with Gasteiger partial charge >= 0.3 is 0 Å². The fourth-order valence-corrected chi connectivity index (χ4v) is 3.75. The van der Waals surface area contributed by atoms with E-state index in [1.165, 1.54) is 39.8 Å². The van der Waals surface area contributed by atoms with E-state index in [1.807, 2.05) is 0 Å². The minimum atomic E-state index is 0.986. The van der Waals surface area contributed by atoms with E-state index in [-0.39, 0.29) is 0 Å². The Morgan fingerprint density at radius 1 is 0.696 bits per heavy atom. The summed E-state index contributed by atoms with van der Waals surface area (Å²) in [5, 5.41) is 0. The molecular weight excluding hydrogens is 278 g/mol. The lowest BCUT2D eigenvalue weighted by Crippen LogP contribution is -2.15. The zero-order valence-corrected chi connectivity index (χ0v) is 13.3. The minimum Gasteiger partial charge on any atom is -0.402 e. The molecule has 1 heteroatoms. The molecule has 2 aliphatic rings. The third-order valence-electron chi connectivity index (χ3n) is 4.82. The zero-order chi connectivity index (χ0) is 15.6. The number of nitrogens with two attached hydrogens (primary N) is 1. The van der Waals surface area contributed by atoms with Gasteiger partial charge in [0.25, 0.3) is 0 Å². The van der Waals surface area contributed by atoms with Crippen LogP contribution in [0.5, 0.6) is 0 Å². The van der Waals surface area contributed by atoms with Gasteiger partial charge in [-0.05, 0) is 53.5 Å². The molecule has 0 amide bonds. The van der Waals surface area contributed by atoms with Gasteiger partial charge in [0.2, 0.25) is 0 Å². The van der Waals surface area contributed by atoms with Gasteiger partial charge in [-0.25, -0.2) is 0 Å². The van der Waals surface area contributed by atoms with Crippen LogP contribution < -0.4 is 5.73 Å². The van der Waals surface area contributed by atoms with Crippen molar-refractivity contribution >= 4 is 11.1 Å². The molecule has 0 aromatic heterocycles. The van der Waals surface area contributed by atoms with Gasteiger partial charge in [0.1, 0.15) is 0 Å². The van der Waals surface area contributed by atoms with Gasteiger partial charge in [-0.2, -0.15) is 0 Å². The fraction of sp³-hybridized carbons (Fsp3) is 0.182. The molecule has 0 aliphatic heterocycles. The Morgan fingerprint density at radius 3 is 2.04 bits per heavy atom. The first kappa shape index (κ1) is 14.1. The molecule has 0 fully saturated rings. The van der Waals surface area contributed by atoms with Crippen molar-refractivity contribution in [1.82, 2.24) is 0 Å². The Hall–Kier alpha value is -2.54. The zero-order valence-electron chi connectivity index (χ0n) is 13.3. The first-order valence-electron chi connectivity index (χ1n) is 8.37. The Morgan fingerprint density at radius 2 is 1.35 bits per heavy atom. The van der Waals surface area contributed by atoms with Gasteiger partial charge in [0.15, 0.2) is 0 Å². The van der Waals surface area contributed by atoms with E-state index in [2.05, 4.69) is 66.7 Å². The average molecular weight is 299 g/mol. The van der Waals surface area contributed by atoms with Crippen LogP contribution in [0.15, 0.2) is 83.6 Å². The summed E-state index contributed by atoms with van der Waals surface area (Å²) >= 11 is 0. The highest BCUT2D eigenvalue weighted by Crippen LogP contribution is 2.45. The van der Waals surface area contributed by atoms with Crippen molar-refractivity contribution in [3.8, 4) is 0 Å². The van der Waals surface area contributed by atoms with Crippen LogP contribution >= 0.6 is 0 Å². The molecule has 0 heterocycles. The van der Waals surface area contributed by atoms with E-state index < -0.39 is 0 Å². The fourth-order valence-electron chi connectivity index (χ4n) is 3.75. The van der Waals surface area contributed by atoms with Crippen molar-refractivity contribution in [2.45, 2.75) is 25.7 Å². The minimum absolute atomic E-state index is 0.986. The lowest BCUT2D eigenvalue weighted by molar-refractivity contribution is 0.760. The van der Waals surface area contributed by atoms with Gasteiger partial charge in [-0.3, -0.25) is 0 Å². The maximum Gasteiger partial charge on any atom is 0.0163 e. The highest BCUT2D eigenvalue weighted by molar-refractivity contribution is 6.03. The molecule has 23 heavy (non-hydrogen) atoms. The summed E-state index contributed by atoms with van der Waals surface area (Å²) in [5.74, 6) is 0. The standard InChI is InChI=1S/C22H21N/c23-20-13-7-12-18-14-15-19(16-8-3-1-4-9-16)21(22(18)20)17-10-5-2-6-11-17/h1-6,8-11,14H,7,12-13,15,23H2. The SMILES string of the molecule is NC1=C2C(=CCC(c3ccccc3)=C2c2ccccc2)CCC1. The molecule has 2 N–H and O–H groups in total. The third kappa shape index (κ3) is 2.53. The summed E-state index contributed by atoms with van der Waals surface area (Å²) in [6.45, 7) is 0. The molecule has 0 unspecified atom stereocenters. The number of fused-ring (bicyclic) bond motifs is 1. The highest BCUT2D eigenvalue weighted by atomic mass is 14.6. The summed E-state index contributed by atoms with van der Waals surface area (Å²) in [4.78, 5) is 0. The lowest BCUT2D eigenvalue weighted by atomic mass is 9.76. The van der Waals surface area contributed by atoms with Gasteiger partial charge in [-0.15, -0.1) is 0 Å². The summed E-state index contributed by atoms with van der Waals surface area (Å²) in [5.41, 5.74) is 15.6. The molecule has 2 aromatic rings. The van der Waals surface area contributed by atoms with Crippen LogP contribution in [0.4, 0.5) is 0 Å². The predicted octanol–water partition coefficient (Wildman–Crippen LogP) is 5.32. The maximum absolute atomic E-state index is 6.46. The van der Waals surface area contributed by atoms with Crippen molar-refractivity contribution in [3.05, 3.63) is 94.7 Å². The molecule has 114 valence electrons. The number of hydrogen-bond donors (Lipinski definition) is 1. The molecule has 0 radical (unpaired) electrons. The van der Waals surface area contributed by atoms with E-state index in [9.17, 15) is 0 Å². The summed E-state index contributed by atoms with van der Waals surface area (Å²) in [6, 6.07) is 21.4. The normalized spacial score (nSPS) is 17.8. The maximum atomic E-state index is 6.46. The molecule has 0 bridgehead atoms. The molecule has 0 atom stereocenters. The number of hydrogen-bond acceptors (Lipinski definition) is 1. The monoisotopic (exact) mass is 299 g/mol. The number of allylic oxidation sites excluding steroid dienone is 6. The second kappa shape index (κ2) is 5.92. The van der Waals surface area contributed by atoms with Crippen LogP contribution in [0.2, 0.25) is 0 Å². The largest absolute Gasteiger partial charge is 0.402 e. The molecule has 2 aliphatic carbocycles. The predicted molar refractivity (Wildman–Crippen MR) is 97.5 cm³/mol. The van der Waals surface area contributed by atoms with E-state index in [0.29, 0.717) is 0 Å². The van der Waals surface area contributed by atoms with Gasteiger partial charge in [0.05, 0.1) is 0 Å². The second-order valence-corrected chi connectivity index (χ2v) is 6.27. The number of rotatable bonds is 2. The Balaban J connectivity index is 1.98. The van der Waals surface area contributed by atoms with Gasteiger partial charge in [0, 0.05) is 11.3 Å². The van der Waals surface area contributed by atoms with E-state index in [1.54, 1.807) is 0 Å². The molecular formula is C22H21N. The van der Waals surface area contributed by atoms with Crippen molar-refractivity contribution in [2.24, 2.45) is 5.73 Å². The number of benzene rings is 2. The van der Waals surface area contributed by atoms with Crippen LogP contribution in [-0.4, -0.2) is 0 Å². The summed E-state index contributed by atoms with van der Waals surface area (Å²) < 4.78 is 0. The van der Waals surface area contributed by atoms with Crippen molar-refractivity contribution < 1.29 is 0 Å². The second-order valence-electron chi connectivity index (χ2n) is 6.27. The van der Waals surface area contributed by atoms with Crippen LogP contribution in [0.3, 0.4) is 0 Å². The van der Waals surface area contributed by atoms with Crippen molar-refractivity contribution in [1.29, 1.82) is 0 Å². The van der Waals surface area contributed by atoms with Crippen LogP contribution in [0.1, 0.15) is 36.8 Å². The van der Waals surface area contributed by atoms with Crippen LogP contribution in [-0.2, 0) is 0 Å². The molecule has 0 spiro atoms. The molecule has 2 aromatic carbocycles. The van der Waals surface area contributed by atoms with Gasteiger partial charge in [-0.1, -0.05) is 66.7 Å². The third-order valence-corrected chi connectivity index (χ3v) is 4.82. The quantitative estimate of drug-likeness (QED) is 0.797. The van der Waals surface area contributed by atoms with Gasteiger partial charge < -0.3 is 5.73 Å². The highest BCUT2D eigenvalue weighted by Gasteiger charge is 2.26.